The Morgan fingerprint density at radius 2 is 2.13 bits per heavy atom. The highest BCUT2D eigenvalue weighted by Gasteiger charge is 2.18. The monoisotopic (exact) mass is 379 g/mol. The minimum absolute atomic E-state index is 0.00532. The fourth-order valence-corrected chi connectivity index (χ4v) is 3.55. The third-order valence-corrected chi connectivity index (χ3v) is 5.20. The second-order valence-corrected chi connectivity index (χ2v) is 7.70. The molecule has 0 aliphatic heterocycles. The quantitative estimate of drug-likeness (QED) is 0.404. The van der Waals surface area contributed by atoms with Crippen molar-refractivity contribution in [3.8, 4) is 5.75 Å². The normalized spacial score (nSPS) is 11.6. The average Bonchev–Trinajstić information content (AvgIpc) is 2.87. The number of sulfonamides is 1. The minimum atomic E-state index is -3.66. The van der Waals surface area contributed by atoms with Crippen molar-refractivity contribution in [3.63, 3.8) is 0 Å². The van der Waals surface area contributed by atoms with Gasteiger partial charge < -0.3 is 10.8 Å². The van der Waals surface area contributed by atoms with Crippen LogP contribution in [0, 0.1) is 0 Å². The first-order valence-electron chi connectivity index (χ1n) is 6.67. The maximum atomic E-state index is 12.1. The molecule has 0 unspecified atom stereocenters. The van der Waals surface area contributed by atoms with E-state index in [1.807, 2.05) is 34.9 Å². The van der Waals surface area contributed by atoms with Crippen LogP contribution in [0.2, 0.25) is 10.0 Å². The molecule has 126 valence electrons. The van der Waals surface area contributed by atoms with Crippen LogP contribution in [-0.4, -0.2) is 23.8 Å². The summed E-state index contributed by atoms with van der Waals surface area (Å²) in [5, 5.41) is 9.74. The Labute approximate surface area is 144 Å². The topological polar surface area (TPSA) is 101 Å². The molecule has 0 atom stereocenters. The highest BCUT2D eigenvalue weighted by atomic mass is 35.5. The third kappa shape index (κ3) is 4.43. The van der Waals surface area contributed by atoms with E-state index >= 15 is 0 Å². The van der Waals surface area contributed by atoms with Crippen LogP contribution in [-0.2, 0) is 23.6 Å². The zero-order valence-electron chi connectivity index (χ0n) is 12.3. The Bertz CT molecular complexity index is 821. The van der Waals surface area contributed by atoms with Gasteiger partial charge in [-0.25, -0.2) is 17.6 Å². The van der Waals surface area contributed by atoms with Crippen LogP contribution in [0.4, 0.5) is 11.4 Å². The van der Waals surface area contributed by atoms with Gasteiger partial charge in [-0.2, -0.15) is 0 Å². The molecule has 1 aromatic heterocycles. The number of hydrogen-bond acceptors (Lipinski definition) is 4. The van der Waals surface area contributed by atoms with E-state index in [1.165, 1.54) is 6.07 Å². The van der Waals surface area contributed by atoms with Crippen molar-refractivity contribution in [1.29, 1.82) is 0 Å². The number of phenols is 1. The van der Waals surface area contributed by atoms with Gasteiger partial charge in [-0.15, -0.1) is 0 Å². The summed E-state index contributed by atoms with van der Waals surface area (Å²) in [4.78, 5) is 0. The number of nitrogens with one attached hydrogen (secondary N) is 1. The zero-order chi connectivity index (χ0) is 17.2. The molecule has 0 saturated carbocycles. The molecule has 0 bridgehead atoms. The van der Waals surface area contributed by atoms with Crippen LogP contribution < -0.4 is 15.0 Å². The number of aromatic nitrogens is 2. The van der Waals surface area contributed by atoms with E-state index in [0.717, 1.165) is 0 Å². The molecule has 23 heavy (non-hydrogen) atoms. The van der Waals surface area contributed by atoms with Gasteiger partial charge in [-0.05, 0) is 6.07 Å². The first-order valence-corrected chi connectivity index (χ1v) is 9.08. The van der Waals surface area contributed by atoms with Crippen LogP contribution >= 0.6 is 23.2 Å². The van der Waals surface area contributed by atoms with E-state index in [2.05, 4.69) is 4.72 Å². The van der Waals surface area contributed by atoms with Crippen LogP contribution in [0.15, 0.2) is 24.8 Å². The number of nitrogens with two attached hydrogens (primary N) is 1. The van der Waals surface area contributed by atoms with Crippen LogP contribution in [0.1, 0.15) is 6.42 Å². The van der Waals surface area contributed by atoms with Gasteiger partial charge in [-0.3, -0.25) is 4.72 Å². The Hall–Kier alpha value is -1.64. The van der Waals surface area contributed by atoms with Gasteiger partial charge in [0.25, 0.3) is 0 Å². The molecule has 1 aromatic carbocycles. The number of hydrogen-bond donors (Lipinski definition) is 3. The van der Waals surface area contributed by atoms with Crippen LogP contribution in [0.3, 0.4) is 0 Å². The number of nitrogen functional groups attached to an aromatic ring is 1. The molecule has 2 aromatic rings. The van der Waals surface area contributed by atoms with Crippen molar-refractivity contribution < 1.29 is 18.1 Å². The van der Waals surface area contributed by atoms with Gasteiger partial charge in [0, 0.05) is 6.42 Å². The Morgan fingerprint density at radius 1 is 1.43 bits per heavy atom. The smallest absolute Gasteiger partial charge is 0.243 e. The van der Waals surface area contributed by atoms with Gasteiger partial charge in [0.05, 0.1) is 35.7 Å². The summed E-state index contributed by atoms with van der Waals surface area (Å²) >= 11 is 11.6. The summed E-state index contributed by atoms with van der Waals surface area (Å²) in [6.45, 7) is 0.553. The molecular weight excluding hydrogens is 363 g/mol. The maximum Gasteiger partial charge on any atom is 0.243 e. The van der Waals surface area contributed by atoms with E-state index in [4.69, 9.17) is 28.9 Å². The fourth-order valence-electron chi connectivity index (χ4n) is 1.99. The first kappa shape index (κ1) is 17.7. The lowest BCUT2D eigenvalue weighted by molar-refractivity contribution is -0.671. The van der Waals surface area contributed by atoms with Crippen molar-refractivity contribution in [1.82, 2.24) is 4.57 Å². The lowest BCUT2D eigenvalue weighted by Crippen LogP contribution is -2.24. The molecule has 7 nitrogen and oxygen atoms in total. The van der Waals surface area contributed by atoms with E-state index < -0.39 is 15.8 Å². The fraction of sp³-hybridized carbons (Fsp3) is 0.308. The Kier molecular flexibility index (Phi) is 5.28. The summed E-state index contributed by atoms with van der Waals surface area (Å²) in [6, 6.07) is 1.22. The zero-order valence-corrected chi connectivity index (χ0v) is 14.7. The van der Waals surface area contributed by atoms with Gasteiger partial charge in [0.15, 0.2) is 5.75 Å². The highest BCUT2D eigenvalue weighted by Crippen LogP contribution is 2.41. The minimum Gasteiger partial charge on any atom is -0.504 e. The molecule has 0 fully saturated rings. The highest BCUT2D eigenvalue weighted by molar-refractivity contribution is 7.92. The van der Waals surface area contributed by atoms with Crippen LogP contribution in [0.5, 0.6) is 5.75 Å². The number of benzene rings is 1. The molecule has 1 heterocycles. The van der Waals surface area contributed by atoms with Crippen molar-refractivity contribution in [2.75, 3.05) is 16.2 Å². The molecule has 0 aliphatic carbocycles. The number of anilines is 2. The van der Waals surface area contributed by atoms with Gasteiger partial charge in [-0.1, -0.05) is 23.2 Å². The number of halogens is 2. The largest absolute Gasteiger partial charge is 0.504 e. The van der Waals surface area contributed by atoms with Gasteiger partial charge in [0.1, 0.15) is 17.4 Å². The number of imidazole rings is 1. The lowest BCUT2D eigenvalue weighted by atomic mass is 10.2. The summed E-state index contributed by atoms with van der Waals surface area (Å²) < 4.78 is 30.2. The summed E-state index contributed by atoms with van der Waals surface area (Å²) in [7, 11) is -1.77. The third-order valence-electron chi connectivity index (χ3n) is 3.15. The summed E-state index contributed by atoms with van der Waals surface area (Å²) in [5.41, 5.74) is 5.45. The number of aromatic hydroxyl groups is 1. The number of aryl methyl sites for hydroxylation is 2. The van der Waals surface area contributed by atoms with E-state index in [-0.39, 0.29) is 27.2 Å². The molecule has 0 spiro atoms. The number of phenolic OH excluding ortho intramolecular Hbond substituents is 1. The summed E-state index contributed by atoms with van der Waals surface area (Å²) in [6.07, 6.45) is 5.97. The van der Waals surface area contributed by atoms with Crippen molar-refractivity contribution >= 4 is 44.6 Å². The standard InChI is InChI=1S/C13H16Cl2N4O3S/c1-18-4-5-19(8-18)3-2-6-23(21,22)17-10-7-9(14)12(16)11(15)13(10)20/h4-5,7-8,17H,2-3,6,16H2,1H3/p+1. The first-order chi connectivity index (χ1) is 10.7. The predicted molar refractivity (Wildman–Crippen MR) is 90.2 cm³/mol. The molecule has 0 radical (unpaired) electrons. The van der Waals surface area contributed by atoms with Gasteiger partial charge >= 0.3 is 0 Å². The maximum absolute atomic E-state index is 12.1. The van der Waals surface area contributed by atoms with E-state index in [1.54, 1.807) is 0 Å². The predicted octanol–water partition coefficient (Wildman–Crippen LogP) is 1.74. The van der Waals surface area contributed by atoms with Gasteiger partial charge in [0.2, 0.25) is 16.4 Å². The SMILES string of the molecule is C[n+]1ccn(CCCS(=O)(=O)Nc2cc(Cl)c(N)c(Cl)c2O)c1. The molecular formula is C13H17Cl2N4O3S+. The molecule has 10 heteroatoms. The van der Waals surface area contributed by atoms with Crippen LogP contribution in [0.25, 0.3) is 0 Å². The Morgan fingerprint density at radius 3 is 2.74 bits per heavy atom. The molecule has 2 rings (SSSR count). The lowest BCUT2D eigenvalue weighted by Gasteiger charge is -2.12. The van der Waals surface area contributed by atoms with Crippen molar-refractivity contribution in [3.05, 3.63) is 34.8 Å². The second kappa shape index (κ2) is 6.86. The summed E-state index contributed by atoms with van der Waals surface area (Å²) in [5.74, 6) is -0.567. The molecule has 0 saturated heterocycles. The van der Waals surface area contributed by atoms with Crippen molar-refractivity contribution in [2.45, 2.75) is 13.0 Å². The Balaban J connectivity index is 2.04. The number of nitrogens with zero attached hydrogens (tertiary/aromatic N) is 2. The second-order valence-electron chi connectivity index (χ2n) is 5.07. The molecule has 0 aliphatic rings. The van der Waals surface area contributed by atoms with E-state index in [0.29, 0.717) is 13.0 Å². The average molecular weight is 380 g/mol. The number of rotatable bonds is 6. The molecule has 4 N–H and O–H groups in total. The van der Waals surface area contributed by atoms with Crippen molar-refractivity contribution in [2.24, 2.45) is 7.05 Å². The molecule has 0 amide bonds. The van der Waals surface area contributed by atoms with E-state index in [9.17, 15) is 13.5 Å².